The van der Waals surface area contributed by atoms with Crippen LogP contribution in [0.25, 0.3) is 0 Å². The number of anilines is 1. The van der Waals surface area contributed by atoms with E-state index in [1.165, 1.54) is 6.07 Å². The molecular formula is C10H14F3N3. The maximum Gasteiger partial charge on any atom is 0.417 e. The minimum atomic E-state index is -4.34. The molecule has 0 radical (unpaired) electrons. The third kappa shape index (κ3) is 3.69. The zero-order chi connectivity index (χ0) is 12.2. The number of nitrogens with zero attached hydrogens (tertiary/aromatic N) is 1. The number of nitrogens with one attached hydrogen (secondary N) is 1. The Morgan fingerprint density at radius 3 is 2.56 bits per heavy atom. The molecule has 0 amide bonds. The van der Waals surface area contributed by atoms with Crippen LogP contribution in [0.2, 0.25) is 0 Å². The highest BCUT2D eigenvalue weighted by Gasteiger charge is 2.30. The summed E-state index contributed by atoms with van der Waals surface area (Å²) in [4.78, 5) is 3.70. The molecule has 0 bridgehead atoms. The summed E-state index contributed by atoms with van der Waals surface area (Å²) in [5.41, 5.74) is 4.61. The fourth-order valence-corrected chi connectivity index (χ4v) is 1.22. The summed E-state index contributed by atoms with van der Waals surface area (Å²) in [6.07, 6.45) is -2.78. The number of nitrogens with two attached hydrogens (primary N) is 1. The normalized spacial score (nSPS) is 13.6. The highest BCUT2D eigenvalue weighted by atomic mass is 19.4. The molecule has 16 heavy (non-hydrogen) atoms. The molecule has 1 atom stereocenters. The number of rotatable bonds is 4. The van der Waals surface area contributed by atoms with Crippen molar-refractivity contribution >= 4 is 5.82 Å². The van der Waals surface area contributed by atoms with E-state index < -0.39 is 11.7 Å². The van der Waals surface area contributed by atoms with Crippen molar-refractivity contribution in [3.8, 4) is 0 Å². The van der Waals surface area contributed by atoms with Crippen LogP contribution in [0.4, 0.5) is 19.0 Å². The van der Waals surface area contributed by atoms with E-state index in [4.69, 9.17) is 5.73 Å². The van der Waals surface area contributed by atoms with Gasteiger partial charge in [0.25, 0.3) is 0 Å². The molecular weight excluding hydrogens is 219 g/mol. The molecule has 0 aromatic carbocycles. The Morgan fingerprint density at radius 1 is 1.44 bits per heavy atom. The van der Waals surface area contributed by atoms with E-state index in [1.54, 1.807) is 0 Å². The predicted octanol–water partition coefficient (Wildman–Crippen LogP) is 2.25. The number of hydrogen-bond acceptors (Lipinski definition) is 3. The summed E-state index contributed by atoms with van der Waals surface area (Å²) in [6.45, 7) is 2.42. The van der Waals surface area contributed by atoms with Gasteiger partial charge in [-0.3, -0.25) is 0 Å². The lowest BCUT2D eigenvalue weighted by Crippen LogP contribution is -2.20. The van der Waals surface area contributed by atoms with Crippen LogP contribution in [-0.4, -0.2) is 17.6 Å². The van der Waals surface area contributed by atoms with Gasteiger partial charge in [-0.1, -0.05) is 0 Å². The second-order valence-electron chi connectivity index (χ2n) is 3.55. The van der Waals surface area contributed by atoms with E-state index in [0.717, 1.165) is 18.7 Å². The summed E-state index contributed by atoms with van der Waals surface area (Å²) in [5, 5.41) is 2.96. The van der Waals surface area contributed by atoms with Crippen LogP contribution in [0, 0.1) is 0 Å². The van der Waals surface area contributed by atoms with E-state index in [9.17, 15) is 13.2 Å². The van der Waals surface area contributed by atoms with Crippen molar-refractivity contribution in [2.75, 3.05) is 11.9 Å². The van der Waals surface area contributed by atoms with Crippen LogP contribution >= 0.6 is 0 Å². The van der Waals surface area contributed by atoms with Gasteiger partial charge >= 0.3 is 6.18 Å². The summed E-state index contributed by atoms with van der Waals surface area (Å²) >= 11 is 0. The van der Waals surface area contributed by atoms with Crippen molar-refractivity contribution in [1.29, 1.82) is 0 Å². The van der Waals surface area contributed by atoms with Gasteiger partial charge in [0.1, 0.15) is 5.82 Å². The summed E-state index contributed by atoms with van der Waals surface area (Å²) < 4.78 is 36.7. The molecule has 3 N–H and O–H groups in total. The number of hydrogen-bond donors (Lipinski definition) is 2. The lowest BCUT2D eigenvalue weighted by molar-refractivity contribution is -0.137. The Bertz CT molecular complexity index is 321. The quantitative estimate of drug-likeness (QED) is 0.838. The van der Waals surface area contributed by atoms with Crippen LogP contribution in [0.15, 0.2) is 18.3 Å². The first-order valence-electron chi connectivity index (χ1n) is 4.93. The van der Waals surface area contributed by atoms with Crippen LogP contribution < -0.4 is 11.1 Å². The molecule has 3 nitrogen and oxygen atoms in total. The van der Waals surface area contributed by atoms with Gasteiger partial charge in [0, 0.05) is 12.2 Å². The molecule has 0 aliphatic rings. The first kappa shape index (κ1) is 12.8. The lowest BCUT2D eigenvalue weighted by atomic mass is 10.2. The van der Waals surface area contributed by atoms with Gasteiger partial charge in [-0.25, -0.2) is 4.98 Å². The molecule has 0 fully saturated rings. The monoisotopic (exact) mass is 233 g/mol. The van der Waals surface area contributed by atoms with Crippen molar-refractivity contribution in [1.82, 2.24) is 4.98 Å². The maximum absolute atomic E-state index is 12.2. The average molecular weight is 233 g/mol. The number of alkyl halides is 3. The smallest absolute Gasteiger partial charge is 0.368 e. The first-order valence-corrected chi connectivity index (χ1v) is 4.93. The molecule has 90 valence electrons. The van der Waals surface area contributed by atoms with Crippen molar-refractivity contribution in [3.05, 3.63) is 23.9 Å². The third-order valence-corrected chi connectivity index (χ3v) is 2.08. The molecule has 0 aliphatic heterocycles. The fourth-order valence-electron chi connectivity index (χ4n) is 1.22. The van der Waals surface area contributed by atoms with E-state index >= 15 is 0 Å². The van der Waals surface area contributed by atoms with Gasteiger partial charge in [-0.2, -0.15) is 13.2 Å². The SMILES string of the molecule is CC(CCN)Nc1ccc(C(F)(F)F)cn1. The molecule has 1 aromatic rings. The Hall–Kier alpha value is -1.30. The molecule has 0 aliphatic carbocycles. The fraction of sp³-hybridized carbons (Fsp3) is 0.500. The van der Waals surface area contributed by atoms with Crippen molar-refractivity contribution in [2.45, 2.75) is 25.6 Å². The van der Waals surface area contributed by atoms with E-state index in [2.05, 4.69) is 10.3 Å². The standard InChI is InChI=1S/C10H14F3N3/c1-7(4-5-14)16-9-3-2-8(6-15-9)10(11,12)13/h2-3,6-7H,4-5,14H2,1H3,(H,15,16). The summed E-state index contributed by atoms with van der Waals surface area (Å²) in [5.74, 6) is 0.425. The lowest BCUT2D eigenvalue weighted by Gasteiger charge is -2.13. The van der Waals surface area contributed by atoms with Crippen LogP contribution in [0.3, 0.4) is 0 Å². The van der Waals surface area contributed by atoms with E-state index in [1.807, 2.05) is 6.92 Å². The van der Waals surface area contributed by atoms with Crippen LogP contribution in [0.5, 0.6) is 0 Å². The minimum absolute atomic E-state index is 0.0919. The molecule has 0 saturated carbocycles. The average Bonchev–Trinajstić information content (AvgIpc) is 2.17. The van der Waals surface area contributed by atoms with Gasteiger partial charge in [0.15, 0.2) is 0 Å². The molecule has 0 saturated heterocycles. The second-order valence-corrected chi connectivity index (χ2v) is 3.55. The van der Waals surface area contributed by atoms with E-state index in [0.29, 0.717) is 12.4 Å². The topological polar surface area (TPSA) is 50.9 Å². The molecule has 1 aromatic heterocycles. The molecule has 0 spiro atoms. The largest absolute Gasteiger partial charge is 0.417 e. The Balaban J connectivity index is 2.65. The number of pyridine rings is 1. The predicted molar refractivity (Wildman–Crippen MR) is 56.0 cm³/mol. The second kappa shape index (κ2) is 5.16. The highest BCUT2D eigenvalue weighted by molar-refractivity contribution is 5.36. The molecule has 1 heterocycles. The number of halogens is 3. The maximum atomic E-state index is 12.2. The van der Waals surface area contributed by atoms with Crippen molar-refractivity contribution in [2.24, 2.45) is 5.73 Å². The van der Waals surface area contributed by atoms with Crippen molar-refractivity contribution in [3.63, 3.8) is 0 Å². The molecule has 1 rings (SSSR count). The van der Waals surface area contributed by atoms with Crippen molar-refractivity contribution < 1.29 is 13.2 Å². The highest BCUT2D eigenvalue weighted by Crippen LogP contribution is 2.28. The van der Waals surface area contributed by atoms with Gasteiger partial charge in [0.05, 0.1) is 5.56 Å². The third-order valence-electron chi connectivity index (χ3n) is 2.08. The van der Waals surface area contributed by atoms with Crippen LogP contribution in [-0.2, 0) is 6.18 Å². The summed E-state index contributed by atoms with van der Waals surface area (Å²) in [6, 6.07) is 2.41. The number of aromatic nitrogens is 1. The van der Waals surface area contributed by atoms with Crippen LogP contribution in [0.1, 0.15) is 18.9 Å². The molecule has 6 heteroatoms. The first-order chi connectivity index (χ1) is 7.43. The summed E-state index contributed by atoms with van der Waals surface area (Å²) in [7, 11) is 0. The Morgan fingerprint density at radius 2 is 2.12 bits per heavy atom. The van der Waals surface area contributed by atoms with E-state index in [-0.39, 0.29) is 6.04 Å². The zero-order valence-corrected chi connectivity index (χ0v) is 8.88. The Labute approximate surface area is 91.9 Å². The van der Waals surface area contributed by atoms with Gasteiger partial charge < -0.3 is 11.1 Å². The van der Waals surface area contributed by atoms with Gasteiger partial charge in [0.2, 0.25) is 0 Å². The Kier molecular flexibility index (Phi) is 4.12. The van der Waals surface area contributed by atoms with Gasteiger partial charge in [-0.15, -0.1) is 0 Å². The minimum Gasteiger partial charge on any atom is -0.368 e. The zero-order valence-electron chi connectivity index (χ0n) is 8.88. The van der Waals surface area contributed by atoms with Gasteiger partial charge in [-0.05, 0) is 32.0 Å². The molecule has 1 unspecified atom stereocenters.